The zero-order chi connectivity index (χ0) is 17.8. The van der Waals surface area contributed by atoms with Gasteiger partial charge in [-0.2, -0.15) is 0 Å². The van der Waals surface area contributed by atoms with Crippen LogP contribution in [0.1, 0.15) is 5.69 Å². The molecule has 2 heterocycles. The molecule has 0 aliphatic carbocycles. The fourth-order valence-corrected chi connectivity index (χ4v) is 2.89. The number of nitrogens with zero attached hydrogens (tertiary/aromatic N) is 3. The Morgan fingerprint density at radius 2 is 1.88 bits per heavy atom. The molecule has 0 unspecified atom stereocenters. The third kappa shape index (κ3) is 3.20. The van der Waals surface area contributed by atoms with Crippen LogP contribution >= 0.6 is 0 Å². The van der Waals surface area contributed by atoms with E-state index in [1.165, 1.54) is 12.5 Å². The number of nitrogens with two attached hydrogens (primary N) is 1. The lowest BCUT2D eigenvalue weighted by molar-refractivity contribution is -0.125. The zero-order valence-corrected chi connectivity index (χ0v) is 14.3. The largest absolute Gasteiger partial charge is 0.493 e. The molecule has 3 rings (SSSR count). The molecule has 8 nitrogen and oxygen atoms in total. The number of hydrogen-bond donors (Lipinski definition) is 2. The van der Waals surface area contributed by atoms with Crippen LogP contribution in [0.25, 0.3) is 16.5 Å². The van der Waals surface area contributed by atoms with Crippen molar-refractivity contribution in [2.45, 2.75) is 0 Å². The molecule has 0 bridgehead atoms. The summed E-state index contributed by atoms with van der Waals surface area (Å²) in [6, 6.07) is 3.51. The average molecular weight is 343 g/mol. The van der Waals surface area contributed by atoms with Gasteiger partial charge >= 0.3 is 0 Å². The Morgan fingerprint density at radius 1 is 1.20 bits per heavy atom. The Hall–Kier alpha value is -2.87. The molecule has 0 atom stereocenters. The minimum absolute atomic E-state index is 0.140. The lowest BCUT2D eigenvalue weighted by Crippen LogP contribution is -2.46. The maximum Gasteiger partial charge on any atom is 0.257 e. The van der Waals surface area contributed by atoms with E-state index in [0.29, 0.717) is 46.8 Å². The van der Waals surface area contributed by atoms with Crippen molar-refractivity contribution in [2.75, 3.05) is 40.4 Å². The molecule has 1 amide bonds. The van der Waals surface area contributed by atoms with Crippen LogP contribution in [0.15, 0.2) is 24.7 Å². The van der Waals surface area contributed by atoms with E-state index in [1.54, 1.807) is 31.3 Å². The molecule has 0 saturated carbocycles. The van der Waals surface area contributed by atoms with Crippen LogP contribution in [-0.2, 0) is 4.79 Å². The van der Waals surface area contributed by atoms with Gasteiger partial charge in [-0.25, -0.2) is 9.97 Å². The number of benzene rings is 1. The summed E-state index contributed by atoms with van der Waals surface area (Å²) in [5, 5.41) is 3.90. The number of aromatic nitrogens is 2. The first-order valence-corrected chi connectivity index (χ1v) is 7.98. The highest BCUT2D eigenvalue weighted by atomic mass is 16.5. The minimum atomic E-state index is -0.140. The summed E-state index contributed by atoms with van der Waals surface area (Å²) in [4.78, 5) is 23.2. The fraction of sp³-hybridized carbons (Fsp3) is 0.353. The van der Waals surface area contributed by atoms with Crippen LogP contribution in [-0.4, -0.2) is 61.2 Å². The lowest BCUT2D eigenvalue weighted by Gasteiger charge is -2.28. The van der Waals surface area contributed by atoms with Crippen LogP contribution in [0, 0.1) is 0 Å². The zero-order valence-electron chi connectivity index (χ0n) is 14.3. The van der Waals surface area contributed by atoms with E-state index in [-0.39, 0.29) is 5.91 Å². The number of carbonyl (C=O) groups excluding carboxylic acids is 1. The molecule has 25 heavy (non-hydrogen) atoms. The van der Waals surface area contributed by atoms with E-state index < -0.39 is 0 Å². The molecule has 1 saturated heterocycles. The molecule has 8 heteroatoms. The quantitative estimate of drug-likeness (QED) is 0.774. The molecular formula is C17H21N5O3. The summed E-state index contributed by atoms with van der Waals surface area (Å²) < 4.78 is 10.7. The number of methoxy groups -OCH3 is 2. The number of piperazine rings is 1. The number of carbonyl (C=O) groups is 1. The topological polar surface area (TPSA) is 103 Å². The summed E-state index contributed by atoms with van der Waals surface area (Å²) in [6.07, 6.45) is 2.72. The monoisotopic (exact) mass is 343 g/mol. The fourth-order valence-electron chi connectivity index (χ4n) is 2.89. The van der Waals surface area contributed by atoms with Crippen LogP contribution < -0.4 is 20.5 Å². The SMILES string of the molecule is COc1cc2ncnc(/C(=C\N)C(=O)N3CCNCC3)c2cc1OC. The number of hydrogen-bond acceptors (Lipinski definition) is 7. The molecule has 3 N–H and O–H groups in total. The van der Waals surface area contributed by atoms with Gasteiger partial charge in [0.2, 0.25) is 0 Å². The first-order valence-electron chi connectivity index (χ1n) is 7.98. The van der Waals surface area contributed by atoms with E-state index in [0.717, 1.165) is 13.1 Å². The lowest BCUT2D eigenvalue weighted by atomic mass is 10.1. The van der Waals surface area contributed by atoms with E-state index in [9.17, 15) is 4.79 Å². The second kappa shape index (κ2) is 7.35. The van der Waals surface area contributed by atoms with E-state index in [4.69, 9.17) is 15.2 Å². The highest BCUT2D eigenvalue weighted by Crippen LogP contribution is 2.34. The summed E-state index contributed by atoms with van der Waals surface area (Å²) in [6.45, 7) is 2.80. The third-order valence-electron chi connectivity index (χ3n) is 4.20. The molecule has 1 aliphatic rings. The maximum atomic E-state index is 12.9. The molecule has 132 valence electrons. The Balaban J connectivity index is 2.08. The number of ether oxygens (including phenoxy) is 2. The van der Waals surface area contributed by atoms with Crippen LogP contribution in [0.3, 0.4) is 0 Å². The third-order valence-corrected chi connectivity index (χ3v) is 4.20. The average Bonchev–Trinajstić information content (AvgIpc) is 2.68. The van der Waals surface area contributed by atoms with Crippen molar-refractivity contribution < 1.29 is 14.3 Å². The highest BCUT2D eigenvalue weighted by molar-refractivity contribution is 6.21. The normalized spacial score (nSPS) is 15.3. The van der Waals surface area contributed by atoms with E-state index in [1.807, 2.05) is 0 Å². The van der Waals surface area contributed by atoms with Gasteiger partial charge in [0.25, 0.3) is 5.91 Å². The van der Waals surface area contributed by atoms with Crippen molar-refractivity contribution in [3.05, 3.63) is 30.4 Å². The van der Waals surface area contributed by atoms with Gasteiger partial charge in [0, 0.05) is 43.8 Å². The van der Waals surface area contributed by atoms with Gasteiger partial charge in [-0.15, -0.1) is 0 Å². The summed E-state index contributed by atoms with van der Waals surface area (Å²) in [5.41, 5.74) is 7.27. The minimum Gasteiger partial charge on any atom is -0.493 e. The summed E-state index contributed by atoms with van der Waals surface area (Å²) in [7, 11) is 3.11. The van der Waals surface area contributed by atoms with Gasteiger partial charge in [0.05, 0.1) is 31.0 Å². The Bertz CT molecular complexity index is 815. The van der Waals surface area contributed by atoms with Crippen LogP contribution in [0.2, 0.25) is 0 Å². The van der Waals surface area contributed by atoms with Gasteiger partial charge in [-0.3, -0.25) is 4.79 Å². The second-order valence-corrected chi connectivity index (χ2v) is 5.57. The van der Waals surface area contributed by atoms with Crippen LogP contribution in [0.5, 0.6) is 11.5 Å². The number of nitrogens with one attached hydrogen (secondary N) is 1. The first-order chi connectivity index (χ1) is 12.2. The van der Waals surface area contributed by atoms with Crippen LogP contribution in [0.4, 0.5) is 0 Å². The second-order valence-electron chi connectivity index (χ2n) is 5.57. The van der Waals surface area contributed by atoms with Crippen molar-refractivity contribution in [3.63, 3.8) is 0 Å². The van der Waals surface area contributed by atoms with Gasteiger partial charge in [-0.05, 0) is 6.07 Å². The van der Waals surface area contributed by atoms with Gasteiger partial charge in [0.15, 0.2) is 11.5 Å². The molecule has 2 aromatic rings. The predicted octanol–water partition coefficient (Wildman–Crippen LogP) is 0.378. The smallest absolute Gasteiger partial charge is 0.257 e. The number of rotatable bonds is 4. The predicted molar refractivity (Wildman–Crippen MR) is 94.3 cm³/mol. The molecule has 1 aromatic carbocycles. The van der Waals surface area contributed by atoms with E-state index >= 15 is 0 Å². The molecule has 1 fully saturated rings. The summed E-state index contributed by atoms with van der Waals surface area (Å²) >= 11 is 0. The summed E-state index contributed by atoms with van der Waals surface area (Å²) in [5.74, 6) is 0.960. The van der Waals surface area contributed by atoms with Gasteiger partial charge < -0.3 is 25.4 Å². The van der Waals surface area contributed by atoms with Crippen molar-refractivity contribution in [1.82, 2.24) is 20.2 Å². The van der Waals surface area contributed by atoms with E-state index in [2.05, 4.69) is 15.3 Å². The highest BCUT2D eigenvalue weighted by Gasteiger charge is 2.24. The standard InChI is InChI=1S/C17H21N5O3/c1-24-14-7-11-13(8-15(14)25-2)20-10-21-16(11)12(9-18)17(23)22-5-3-19-4-6-22/h7-10,19H,3-6,18H2,1-2H3/b12-9+. The Kier molecular flexibility index (Phi) is 4.99. The van der Waals surface area contributed by atoms with Gasteiger partial charge in [-0.1, -0.05) is 0 Å². The van der Waals surface area contributed by atoms with Crippen molar-refractivity contribution in [3.8, 4) is 11.5 Å². The Morgan fingerprint density at radius 3 is 2.52 bits per heavy atom. The van der Waals surface area contributed by atoms with Crippen molar-refractivity contribution in [1.29, 1.82) is 0 Å². The molecule has 0 spiro atoms. The number of fused-ring (bicyclic) bond motifs is 1. The Labute approximate surface area is 145 Å². The van der Waals surface area contributed by atoms with Crippen molar-refractivity contribution >= 4 is 22.4 Å². The van der Waals surface area contributed by atoms with Gasteiger partial charge in [0.1, 0.15) is 6.33 Å². The molecule has 1 aromatic heterocycles. The molecule has 0 radical (unpaired) electrons. The molecular weight excluding hydrogens is 322 g/mol. The number of amides is 1. The molecule has 1 aliphatic heterocycles. The first kappa shape index (κ1) is 17.0. The maximum absolute atomic E-state index is 12.9. The van der Waals surface area contributed by atoms with Crippen molar-refractivity contribution in [2.24, 2.45) is 5.73 Å².